The topological polar surface area (TPSA) is 53.2 Å². The zero-order valence-corrected chi connectivity index (χ0v) is 12.5. The maximum Gasteiger partial charge on any atom is 0.234 e. The van der Waals surface area contributed by atoms with Gasteiger partial charge in [0.15, 0.2) is 0 Å². The van der Waals surface area contributed by atoms with Gasteiger partial charge < -0.3 is 16.0 Å². The Bertz CT molecular complexity index is 271. The number of carbonyl (C=O) groups excluding carboxylic acids is 1. The average Bonchev–Trinajstić information content (AvgIpc) is 2.12. The summed E-state index contributed by atoms with van der Waals surface area (Å²) in [5.41, 5.74) is 0.160. The fourth-order valence-electron chi connectivity index (χ4n) is 3.08. The first-order valence-electron chi connectivity index (χ1n) is 7.03. The van der Waals surface area contributed by atoms with Crippen LogP contribution in [-0.4, -0.2) is 36.1 Å². The first-order chi connectivity index (χ1) is 8.24. The summed E-state index contributed by atoms with van der Waals surface area (Å²) < 4.78 is 0. The molecule has 0 atom stereocenters. The van der Waals surface area contributed by atoms with Crippen LogP contribution in [0.4, 0.5) is 0 Å². The summed E-state index contributed by atoms with van der Waals surface area (Å²) >= 11 is 0. The number of rotatable bonds is 5. The van der Waals surface area contributed by atoms with E-state index in [9.17, 15) is 4.79 Å². The lowest BCUT2D eigenvalue weighted by Crippen LogP contribution is -2.62. The number of piperidine rings is 1. The maximum absolute atomic E-state index is 11.8. The summed E-state index contributed by atoms with van der Waals surface area (Å²) in [6.45, 7) is 12.2. The van der Waals surface area contributed by atoms with E-state index in [1.807, 2.05) is 0 Å². The highest BCUT2D eigenvalue weighted by molar-refractivity contribution is 5.78. The van der Waals surface area contributed by atoms with Crippen molar-refractivity contribution in [3.8, 4) is 0 Å². The molecule has 0 aromatic heterocycles. The first kappa shape index (κ1) is 15.4. The molecule has 4 heteroatoms. The SMILES string of the molecule is CCCNCC(=O)NC1CC(C)(C)NC(C)(C)C1. The quantitative estimate of drug-likeness (QED) is 0.651. The summed E-state index contributed by atoms with van der Waals surface area (Å²) in [5.74, 6) is 0.113. The number of amides is 1. The first-order valence-corrected chi connectivity index (χ1v) is 7.03. The van der Waals surface area contributed by atoms with Crippen LogP contribution in [-0.2, 0) is 4.79 Å². The van der Waals surface area contributed by atoms with Crippen LogP contribution in [0.25, 0.3) is 0 Å². The monoisotopic (exact) mass is 255 g/mol. The van der Waals surface area contributed by atoms with Crippen LogP contribution >= 0.6 is 0 Å². The zero-order valence-electron chi connectivity index (χ0n) is 12.5. The highest BCUT2D eigenvalue weighted by Crippen LogP contribution is 2.28. The standard InChI is InChI=1S/C14H29N3O/c1-6-7-15-10-12(18)16-11-8-13(2,3)17-14(4,5)9-11/h11,15,17H,6-10H2,1-5H3,(H,16,18). The lowest BCUT2D eigenvalue weighted by molar-refractivity contribution is -0.121. The van der Waals surface area contributed by atoms with E-state index in [0.717, 1.165) is 25.8 Å². The van der Waals surface area contributed by atoms with Crippen LogP contribution in [0.5, 0.6) is 0 Å². The van der Waals surface area contributed by atoms with Crippen LogP contribution in [0.1, 0.15) is 53.9 Å². The van der Waals surface area contributed by atoms with E-state index in [1.54, 1.807) is 0 Å². The van der Waals surface area contributed by atoms with E-state index < -0.39 is 0 Å². The Morgan fingerprint density at radius 2 is 1.78 bits per heavy atom. The van der Waals surface area contributed by atoms with Crippen LogP contribution < -0.4 is 16.0 Å². The second-order valence-corrected chi connectivity index (χ2v) is 6.74. The molecule has 0 aromatic rings. The van der Waals surface area contributed by atoms with Crippen molar-refractivity contribution in [3.63, 3.8) is 0 Å². The van der Waals surface area contributed by atoms with Gasteiger partial charge in [0.2, 0.25) is 5.91 Å². The summed E-state index contributed by atoms with van der Waals surface area (Å²) in [7, 11) is 0. The average molecular weight is 255 g/mol. The van der Waals surface area contributed by atoms with Crippen LogP contribution in [0, 0.1) is 0 Å². The highest BCUT2D eigenvalue weighted by atomic mass is 16.1. The molecule has 4 nitrogen and oxygen atoms in total. The summed E-state index contributed by atoms with van der Waals surface area (Å²) in [6.07, 6.45) is 3.02. The van der Waals surface area contributed by atoms with Gasteiger partial charge in [-0.2, -0.15) is 0 Å². The van der Waals surface area contributed by atoms with Gasteiger partial charge in [-0.25, -0.2) is 0 Å². The molecular formula is C14H29N3O. The van der Waals surface area contributed by atoms with Crippen molar-refractivity contribution in [3.05, 3.63) is 0 Å². The molecule has 3 N–H and O–H groups in total. The molecule has 106 valence electrons. The lowest BCUT2D eigenvalue weighted by Gasteiger charge is -2.46. The van der Waals surface area contributed by atoms with Gasteiger partial charge in [0.05, 0.1) is 6.54 Å². The normalized spacial score (nSPS) is 22.7. The minimum absolute atomic E-state index is 0.0799. The Hall–Kier alpha value is -0.610. The number of hydrogen-bond donors (Lipinski definition) is 3. The molecule has 0 unspecified atom stereocenters. The molecule has 1 aliphatic rings. The van der Waals surface area contributed by atoms with Crippen molar-refractivity contribution in [2.24, 2.45) is 0 Å². The van der Waals surface area contributed by atoms with Crippen molar-refractivity contribution in [2.45, 2.75) is 71.0 Å². The predicted octanol–water partition coefficient (Wildman–Crippen LogP) is 1.41. The van der Waals surface area contributed by atoms with Gasteiger partial charge in [-0.3, -0.25) is 4.79 Å². The van der Waals surface area contributed by atoms with Gasteiger partial charge >= 0.3 is 0 Å². The fraction of sp³-hybridized carbons (Fsp3) is 0.929. The molecule has 18 heavy (non-hydrogen) atoms. The summed E-state index contributed by atoms with van der Waals surface area (Å²) in [5, 5.41) is 9.91. The molecule has 0 radical (unpaired) electrons. The molecule has 1 amide bonds. The number of hydrogen-bond acceptors (Lipinski definition) is 3. The number of nitrogens with one attached hydrogen (secondary N) is 3. The van der Waals surface area contributed by atoms with Crippen LogP contribution in [0.3, 0.4) is 0 Å². The molecule has 0 bridgehead atoms. The van der Waals surface area contributed by atoms with Gasteiger partial charge in [0.25, 0.3) is 0 Å². The van der Waals surface area contributed by atoms with E-state index in [-0.39, 0.29) is 23.0 Å². The molecular weight excluding hydrogens is 226 g/mol. The molecule has 0 aliphatic carbocycles. The minimum Gasteiger partial charge on any atom is -0.352 e. The Labute approximate surface area is 111 Å². The van der Waals surface area contributed by atoms with Gasteiger partial charge in [0, 0.05) is 17.1 Å². The predicted molar refractivity (Wildman–Crippen MR) is 75.6 cm³/mol. The third kappa shape index (κ3) is 5.36. The largest absolute Gasteiger partial charge is 0.352 e. The second-order valence-electron chi connectivity index (χ2n) is 6.74. The molecule has 0 aromatic carbocycles. The van der Waals surface area contributed by atoms with Gasteiger partial charge in [0.1, 0.15) is 0 Å². The summed E-state index contributed by atoms with van der Waals surface area (Å²) in [6, 6.07) is 0.271. The van der Waals surface area contributed by atoms with Gasteiger partial charge in [-0.05, 0) is 53.5 Å². The third-order valence-corrected chi connectivity index (χ3v) is 3.27. The van der Waals surface area contributed by atoms with Crippen molar-refractivity contribution in [1.82, 2.24) is 16.0 Å². The Kier molecular flexibility index (Phi) is 5.17. The van der Waals surface area contributed by atoms with Crippen LogP contribution in [0.15, 0.2) is 0 Å². The maximum atomic E-state index is 11.8. The highest BCUT2D eigenvalue weighted by Gasteiger charge is 2.37. The Balaban J connectivity index is 2.44. The smallest absolute Gasteiger partial charge is 0.234 e. The minimum atomic E-state index is 0.0799. The van der Waals surface area contributed by atoms with Crippen molar-refractivity contribution in [1.29, 1.82) is 0 Å². The van der Waals surface area contributed by atoms with E-state index in [1.165, 1.54) is 0 Å². The van der Waals surface area contributed by atoms with Crippen molar-refractivity contribution in [2.75, 3.05) is 13.1 Å². The fourth-order valence-corrected chi connectivity index (χ4v) is 3.08. The lowest BCUT2D eigenvalue weighted by atomic mass is 9.79. The van der Waals surface area contributed by atoms with Crippen molar-refractivity contribution < 1.29 is 4.79 Å². The van der Waals surface area contributed by atoms with Crippen molar-refractivity contribution >= 4 is 5.91 Å². The Morgan fingerprint density at radius 3 is 2.28 bits per heavy atom. The zero-order chi connectivity index (χ0) is 13.8. The third-order valence-electron chi connectivity index (χ3n) is 3.27. The van der Waals surface area contributed by atoms with E-state index in [0.29, 0.717) is 6.54 Å². The molecule has 0 saturated carbocycles. The molecule has 1 heterocycles. The molecule has 0 spiro atoms. The summed E-state index contributed by atoms with van der Waals surface area (Å²) in [4.78, 5) is 11.8. The van der Waals surface area contributed by atoms with Gasteiger partial charge in [-0.15, -0.1) is 0 Å². The van der Waals surface area contributed by atoms with E-state index in [2.05, 4.69) is 50.6 Å². The molecule has 1 fully saturated rings. The number of carbonyl (C=O) groups is 1. The van der Waals surface area contributed by atoms with E-state index >= 15 is 0 Å². The molecule has 1 rings (SSSR count). The Morgan fingerprint density at radius 1 is 1.22 bits per heavy atom. The van der Waals surface area contributed by atoms with Gasteiger partial charge in [-0.1, -0.05) is 6.92 Å². The second kappa shape index (κ2) is 6.02. The van der Waals surface area contributed by atoms with Crippen LogP contribution in [0.2, 0.25) is 0 Å². The molecule has 1 saturated heterocycles. The molecule has 1 aliphatic heterocycles. The van der Waals surface area contributed by atoms with E-state index in [4.69, 9.17) is 0 Å².